The molecule has 0 N–H and O–H groups in total. The van der Waals surface area contributed by atoms with E-state index in [4.69, 9.17) is 4.74 Å². The van der Waals surface area contributed by atoms with Crippen LogP contribution in [-0.4, -0.2) is 21.7 Å². The number of aryl methyl sites for hydroxylation is 1. The molecule has 0 unspecified atom stereocenters. The largest absolute Gasteiger partial charge is 0.497 e. The molecule has 0 aliphatic carbocycles. The molecule has 1 aromatic carbocycles. The lowest BCUT2D eigenvalue weighted by atomic mass is 10.1. The fraction of sp³-hybridized carbons (Fsp3) is 0.200. The second kappa shape index (κ2) is 5.01. The lowest BCUT2D eigenvalue weighted by Gasteiger charge is -2.11. The summed E-state index contributed by atoms with van der Waals surface area (Å²) in [5, 5.41) is 3.86. The third-order valence-electron chi connectivity index (χ3n) is 3.21. The molecule has 0 saturated heterocycles. The highest BCUT2D eigenvalue weighted by Gasteiger charge is 2.35. The quantitative estimate of drug-likeness (QED) is 0.724. The number of alkyl halides is 3. The number of hydrogen-bond donors (Lipinski definition) is 0. The standard InChI is InChI=1S/C15H12F3N3O/c1-9-6-14-19-12(10-4-3-5-11(7-10)22-2)8-13(15(16,17)18)21(14)20-9/h3-8H,1-2H3. The highest BCUT2D eigenvalue weighted by molar-refractivity contribution is 5.64. The van der Waals surface area contributed by atoms with Crippen LogP contribution in [-0.2, 0) is 6.18 Å². The van der Waals surface area contributed by atoms with Gasteiger partial charge >= 0.3 is 6.18 Å². The molecular weight excluding hydrogens is 295 g/mol. The molecule has 0 bridgehead atoms. The van der Waals surface area contributed by atoms with Crippen LogP contribution in [0.15, 0.2) is 36.4 Å². The van der Waals surface area contributed by atoms with Gasteiger partial charge in [0.15, 0.2) is 11.3 Å². The first-order chi connectivity index (χ1) is 10.4. The van der Waals surface area contributed by atoms with Gasteiger partial charge in [0, 0.05) is 11.6 Å². The number of fused-ring (bicyclic) bond motifs is 1. The average Bonchev–Trinajstić information content (AvgIpc) is 2.85. The molecule has 7 heteroatoms. The van der Waals surface area contributed by atoms with E-state index in [0.29, 0.717) is 17.0 Å². The van der Waals surface area contributed by atoms with E-state index in [1.54, 1.807) is 31.2 Å². The van der Waals surface area contributed by atoms with E-state index in [1.807, 2.05) is 0 Å². The van der Waals surface area contributed by atoms with Gasteiger partial charge in [-0.05, 0) is 25.1 Å². The smallest absolute Gasteiger partial charge is 0.433 e. The van der Waals surface area contributed by atoms with Crippen molar-refractivity contribution in [1.29, 1.82) is 0 Å². The van der Waals surface area contributed by atoms with Crippen LogP contribution in [0, 0.1) is 6.92 Å². The van der Waals surface area contributed by atoms with Crippen molar-refractivity contribution in [1.82, 2.24) is 14.6 Å². The molecule has 2 heterocycles. The molecule has 2 aromatic heterocycles. The third-order valence-corrected chi connectivity index (χ3v) is 3.21. The Morgan fingerprint density at radius 1 is 1.14 bits per heavy atom. The minimum Gasteiger partial charge on any atom is -0.497 e. The first kappa shape index (κ1) is 14.4. The van der Waals surface area contributed by atoms with E-state index in [0.717, 1.165) is 10.6 Å². The average molecular weight is 307 g/mol. The van der Waals surface area contributed by atoms with Crippen LogP contribution in [0.4, 0.5) is 13.2 Å². The minimum atomic E-state index is -4.52. The van der Waals surface area contributed by atoms with Crippen LogP contribution in [0.1, 0.15) is 11.4 Å². The maximum Gasteiger partial charge on any atom is 0.433 e. The molecule has 0 saturated carbocycles. The normalized spacial score (nSPS) is 11.9. The summed E-state index contributed by atoms with van der Waals surface area (Å²) in [7, 11) is 1.50. The van der Waals surface area contributed by atoms with Crippen molar-refractivity contribution in [2.45, 2.75) is 13.1 Å². The maximum atomic E-state index is 13.3. The molecule has 0 atom stereocenters. The number of ether oxygens (including phenoxy) is 1. The van der Waals surface area contributed by atoms with Gasteiger partial charge in [-0.2, -0.15) is 18.3 Å². The van der Waals surface area contributed by atoms with Crippen LogP contribution in [0.2, 0.25) is 0 Å². The molecule has 0 amide bonds. The van der Waals surface area contributed by atoms with Gasteiger partial charge in [0.2, 0.25) is 0 Å². The van der Waals surface area contributed by atoms with Gasteiger partial charge < -0.3 is 4.74 Å². The van der Waals surface area contributed by atoms with E-state index in [1.165, 1.54) is 13.2 Å². The molecule has 0 spiro atoms. The summed E-state index contributed by atoms with van der Waals surface area (Å²) in [4.78, 5) is 4.26. The Morgan fingerprint density at radius 3 is 2.59 bits per heavy atom. The van der Waals surface area contributed by atoms with E-state index >= 15 is 0 Å². The Morgan fingerprint density at radius 2 is 1.91 bits per heavy atom. The zero-order valence-electron chi connectivity index (χ0n) is 11.8. The maximum absolute atomic E-state index is 13.3. The summed E-state index contributed by atoms with van der Waals surface area (Å²) in [5.74, 6) is 0.553. The van der Waals surface area contributed by atoms with Crippen molar-refractivity contribution in [3.63, 3.8) is 0 Å². The zero-order valence-corrected chi connectivity index (χ0v) is 11.8. The molecule has 0 aliphatic heterocycles. The van der Waals surface area contributed by atoms with Crippen LogP contribution >= 0.6 is 0 Å². The highest BCUT2D eigenvalue weighted by atomic mass is 19.4. The number of methoxy groups -OCH3 is 1. The van der Waals surface area contributed by atoms with Gasteiger partial charge in [0.05, 0.1) is 18.5 Å². The Kier molecular flexibility index (Phi) is 3.27. The molecule has 0 radical (unpaired) electrons. The van der Waals surface area contributed by atoms with Crippen LogP contribution < -0.4 is 4.74 Å². The fourth-order valence-electron chi connectivity index (χ4n) is 2.22. The molecular formula is C15H12F3N3O. The highest BCUT2D eigenvalue weighted by Crippen LogP contribution is 2.32. The van der Waals surface area contributed by atoms with Crippen LogP contribution in [0.3, 0.4) is 0 Å². The topological polar surface area (TPSA) is 39.4 Å². The van der Waals surface area contributed by atoms with Gasteiger partial charge in [-0.3, -0.25) is 0 Å². The van der Waals surface area contributed by atoms with Crippen molar-refractivity contribution < 1.29 is 17.9 Å². The van der Waals surface area contributed by atoms with E-state index < -0.39 is 11.9 Å². The summed E-state index contributed by atoms with van der Waals surface area (Å²) in [6.07, 6.45) is -4.52. The van der Waals surface area contributed by atoms with E-state index in [2.05, 4.69) is 10.1 Å². The summed E-state index contributed by atoms with van der Waals surface area (Å²) in [5.41, 5.74) is 0.541. The first-order valence-corrected chi connectivity index (χ1v) is 6.47. The van der Waals surface area contributed by atoms with Gasteiger partial charge in [-0.15, -0.1) is 0 Å². The molecule has 3 aromatic rings. The van der Waals surface area contributed by atoms with Gasteiger partial charge in [0.1, 0.15) is 5.75 Å². The lowest BCUT2D eigenvalue weighted by molar-refractivity contribution is -0.142. The predicted octanol–water partition coefficient (Wildman–Crippen LogP) is 3.73. The SMILES string of the molecule is COc1cccc(-c2cc(C(F)(F)F)n3nc(C)cc3n2)c1. The van der Waals surface area contributed by atoms with E-state index in [-0.39, 0.29) is 11.3 Å². The van der Waals surface area contributed by atoms with Crippen molar-refractivity contribution in [3.8, 4) is 17.0 Å². The van der Waals surface area contributed by atoms with Crippen molar-refractivity contribution in [2.24, 2.45) is 0 Å². The van der Waals surface area contributed by atoms with Crippen molar-refractivity contribution in [2.75, 3.05) is 7.11 Å². The summed E-state index contributed by atoms with van der Waals surface area (Å²) in [6, 6.07) is 9.25. The Bertz CT molecular complexity index is 840. The molecule has 114 valence electrons. The zero-order chi connectivity index (χ0) is 15.9. The molecule has 4 nitrogen and oxygen atoms in total. The van der Waals surface area contributed by atoms with Crippen LogP contribution in [0.25, 0.3) is 16.9 Å². The van der Waals surface area contributed by atoms with Crippen molar-refractivity contribution >= 4 is 5.65 Å². The monoisotopic (exact) mass is 307 g/mol. The second-order valence-corrected chi connectivity index (χ2v) is 4.81. The minimum absolute atomic E-state index is 0.158. The van der Waals surface area contributed by atoms with Crippen LogP contribution in [0.5, 0.6) is 5.75 Å². The number of benzene rings is 1. The fourth-order valence-corrected chi connectivity index (χ4v) is 2.22. The summed E-state index contributed by atoms with van der Waals surface area (Å²) >= 11 is 0. The van der Waals surface area contributed by atoms with E-state index in [9.17, 15) is 13.2 Å². The Labute approximate surface area is 124 Å². The van der Waals surface area contributed by atoms with Gasteiger partial charge in [-0.1, -0.05) is 12.1 Å². The third kappa shape index (κ3) is 2.49. The number of halogens is 3. The summed E-state index contributed by atoms with van der Waals surface area (Å²) in [6.45, 7) is 1.63. The first-order valence-electron chi connectivity index (χ1n) is 6.47. The van der Waals surface area contributed by atoms with Gasteiger partial charge in [0.25, 0.3) is 0 Å². The number of aromatic nitrogens is 3. The lowest BCUT2D eigenvalue weighted by Crippen LogP contribution is -2.13. The molecule has 22 heavy (non-hydrogen) atoms. The van der Waals surface area contributed by atoms with Crippen molar-refractivity contribution in [3.05, 3.63) is 47.8 Å². The Balaban J connectivity index is 2.26. The molecule has 3 rings (SSSR count). The second-order valence-electron chi connectivity index (χ2n) is 4.81. The number of nitrogens with zero attached hydrogens (tertiary/aromatic N) is 3. The van der Waals surface area contributed by atoms with Gasteiger partial charge in [-0.25, -0.2) is 9.50 Å². The molecule has 0 aliphatic rings. The predicted molar refractivity (Wildman–Crippen MR) is 74.7 cm³/mol. The number of hydrogen-bond acceptors (Lipinski definition) is 3. The summed E-state index contributed by atoms with van der Waals surface area (Å²) < 4.78 is 45.7. The number of rotatable bonds is 2. The molecule has 0 fully saturated rings. The Hall–Kier alpha value is -2.57.